The number of nitrogens with zero attached hydrogens (tertiary/aromatic N) is 4. The van der Waals surface area contributed by atoms with E-state index >= 15 is 0 Å². The minimum atomic E-state index is 0.488. The zero-order valence-electron chi connectivity index (χ0n) is 8.43. The van der Waals surface area contributed by atoms with E-state index in [0.717, 1.165) is 17.7 Å². The summed E-state index contributed by atoms with van der Waals surface area (Å²) < 4.78 is 6.90. The fraction of sp³-hybridized carbons (Fsp3) is 0.300. The molecule has 0 saturated heterocycles. The van der Waals surface area contributed by atoms with Gasteiger partial charge in [-0.25, -0.2) is 9.97 Å². The number of ether oxygens (including phenoxy) is 1. The highest BCUT2D eigenvalue weighted by molar-refractivity contribution is 6.30. The third kappa shape index (κ3) is 1.48. The Morgan fingerprint density at radius 3 is 2.88 bits per heavy atom. The van der Waals surface area contributed by atoms with Gasteiger partial charge in [-0.3, -0.25) is 0 Å². The van der Waals surface area contributed by atoms with Gasteiger partial charge in [0.2, 0.25) is 0 Å². The summed E-state index contributed by atoms with van der Waals surface area (Å²) in [7, 11) is 0. The van der Waals surface area contributed by atoms with Gasteiger partial charge in [-0.2, -0.15) is 9.78 Å². The van der Waals surface area contributed by atoms with Crippen molar-refractivity contribution in [3.63, 3.8) is 0 Å². The second kappa shape index (κ2) is 3.84. The van der Waals surface area contributed by atoms with Crippen molar-refractivity contribution in [2.75, 3.05) is 6.61 Å². The summed E-state index contributed by atoms with van der Waals surface area (Å²) in [6.45, 7) is 1.21. The molecule has 2 aromatic rings. The van der Waals surface area contributed by atoms with Gasteiger partial charge < -0.3 is 4.74 Å². The van der Waals surface area contributed by atoms with Crippen molar-refractivity contribution < 1.29 is 4.74 Å². The molecule has 0 aromatic carbocycles. The highest BCUT2D eigenvalue weighted by atomic mass is 35.5. The van der Waals surface area contributed by atoms with Gasteiger partial charge in [0, 0.05) is 24.4 Å². The van der Waals surface area contributed by atoms with Gasteiger partial charge in [0.25, 0.3) is 5.95 Å². The molecule has 5 nitrogen and oxygen atoms in total. The van der Waals surface area contributed by atoms with Gasteiger partial charge in [0.1, 0.15) is 5.15 Å². The molecule has 3 rings (SSSR count). The van der Waals surface area contributed by atoms with Crippen LogP contribution < -0.4 is 0 Å². The minimum Gasteiger partial charge on any atom is -0.376 e. The summed E-state index contributed by atoms with van der Waals surface area (Å²) in [6, 6.07) is 1.75. The lowest BCUT2D eigenvalue weighted by molar-refractivity contribution is 0.110. The number of fused-ring (bicyclic) bond motifs is 1. The Labute approximate surface area is 97.0 Å². The Morgan fingerprint density at radius 2 is 2.12 bits per heavy atom. The van der Waals surface area contributed by atoms with E-state index in [2.05, 4.69) is 15.1 Å². The first kappa shape index (κ1) is 9.74. The molecular weight excluding hydrogens is 228 g/mol. The van der Waals surface area contributed by atoms with Gasteiger partial charge in [-0.05, 0) is 6.07 Å². The van der Waals surface area contributed by atoms with Crippen molar-refractivity contribution >= 4 is 11.6 Å². The fourth-order valence-corrected chi connectivity index (χ4v) is 1.97. The summed E-state index contributed by atoms with van der Waals surface area (Å²) in [4.78, 5) is 8.23. The van der Waals surface area contributed by atoms with Crippen LogP contribution in [0, 0.1) is 0 Å². The molecule has 0 atom stereocenters. The molecule has 0 N–H and O–H groups in total. The van der Waals surface area contributed by atoms with Crippen LogP contribution in [0.3, 0.4) is 0 Å². The summed E-state index contributed by atoms with van der Waals surface area (Å²) in [5.74, 6) is 0.488. The van der Waals surface area contributed by atoms with Crippen LogP contribution in [0.4, 0.5) is 0 Å². The molecule has 0 spiro atoms. The maximum Gasteiger partial charge on any atom is 0.251 e. The highest BCUT2D eigenvalue weighted by Crippen LogP contribution is 2.25. The van der Waals surface area contributed by atoms with Crippen molar-refractivity contribution in [3.05, 3.63) is 34.9 Å². The number of hydrogen-bond acceptors (Lipinski definition) is 4. The van der Waals surface area contributed by atoms with Crippen LogP contribution in [0.5, 0.6) is 0 Å². The highest BCUT2D eigenvalue weighted by Gasteiger charge is 2.21. The third-order valence-corrected chi connectivity index (χ3v) is 2.86. The smallest absolute Gasteiger partial charge is 0.251 e. The van der Waals surface area contributed by atoms with E-state index in [4.69, 9.17) is 16.3 Å². The molecule has 0 amide bonds. The average Bonchev–Trinajstić information content (AvgIpc) is 2.69. The van der Waals surface area contributed by atoms with E-state index in [-0.39, 0.29) is 0 Å². The molecule has 0 unspecified atom stereocenters. The van der Waals surface area contributed by atoms with Crippen LogP contribution >= 0.6 is 11.6 Å². The van der Waals surface area contributed by atoms with Crippen molar-refractivity contribution in [1.29, 1.82) is 0 Å². The topological polar surface area (TPSA) is 52.8 Å². The van der Waals surface area contributed by atoms with E-state index in [1.54, 1.807) is 23.1 Å². The van der Waals surface area contributed by atoms with Crippen LogP contribution in [0.2, 0.25) is 5.15 Å². The number of halogens is 1. The van der Waals surface area contributed by atoms with E-state index < -0.39 is 0 Å². The predicted molar refractivity (Wildman–Crippen MR) is 57.5 cm³/mol. The standard InChI is InChI=1S/C10H9ClN4O/c11-9-7-6-16-5-2-8(7)14-15(9)10-12-3-1-4-13-10/h1,3-4H,2,5-6H2. The second-order valence-corrected chi connectivity index (χ2v) is 3.84. The molecule has 1 aliphatic heterocycles. The first-order chi connectivity index (χ1) is 7.86. The Hall–Kier alpha value is -1.46. The molecule has 0 saturated carbocycles. The summed E-state index contributed by atoms with van der Waals surface area (Å²) in [6.07, 6.45) is 4.11. The largest absolute Gasteiger partial charge is 0.376 e. The van der Waals surface area contributed by atoms with Crippen LogP contribution in [0.1, 0.15) is 11.3 Å². The summed E-state index contributed by atoms with van der Waals surface area (Å²) in [5, 5.41) is 4.94. The van der Waals surface area contributed by atoms with Crippen LogP contribution in [-0.4, -0.2) is 26.4 Å². The molecule has 16 heavy (non-hydrogen) atoms. The average molecular weight is 237 g/mol. The lowest BCUT2D eigenvalue weighted by atomic mass is 10.2. The minimum absolute atomic E-state index is 0.488. The fourth-order valence-electron chi connectivity index (χ4n) is 1.69. The van der Waals surface area contributed by atoms with Crippen LogP contribution in [0.15, 0.2) is 18.5 Å². The predicted octanol–water partition coefficient (Wildman–Crippen LogP) is 1.39. The lowest BCUT2D eigenvalue weighted by Gasteiger charge is -2.09. The van der Waals surface area contributed by atoms with E-state index in [0.29, 0.717) is 24.3 Å². The van der Waals surface area contributed by atoms with Gasteiger partial charge in [-0.15, -0.1) is 0 Å². The van der Waals surface area contributed by atoms with Crippen molar-refractivity contribution in [2.45, 2.75) is 13.0 Å². The Kier molecular flexibility index (Phi) is 2.34. The van der Waals surface area contributed by atoms with E-state index in [1.807, 2.05) is 0 Å². The molecule has 0 fully saturated rings. The normalized spacial score (nSPS) is 14.8. The molecule has 6 heteroatoms. The van der Waals surface area contributed by atoms with E-state index in [9.17, 15) is 0 Å². The van der Waals surface area contributed by atoms with Crippen molar-refractivity contribution in [1.82, 2.24) is 19.7 Å². The first-order valence-corrected chi connectivity index (χ1v) is 5.35. The molecule has 0 radical (unpaired) electrons. The van der Waals surface area contributed by atoms with Crippen molar-refractivity contribution in [3.8, 4) is 5.95 Å². The van der Waals surface area contributed by atoms with Gasteiger partial charge in [0.05, 0.1) is 18.9 Å². The first-order valence-electron chi connectivity index (χ1n) is 4.97. The molecule has 82 valence electrons. The van der Waals surface area contributed by atoms with Crippen LogP contribution in [0.25, 0.3) is 5.95 Å². The zero-order valence-corrected chi connectivity index (χ0v) is 9.18. The van der Waals surface area contributed by atoms with Crippen LogP contribution in [-0.2, 0) is 17.8 Å². The SMILES string of the molecule is Clc1c2c(nn1-c1ncccn1)CCOC2. The van der Waals surface area contributed by atoms with Crippen molar-refractivity contribution in [2.24, 2.45) is 0 Å². The molecule has 2 aromatic heterocycles. The molecule has 1 aliphatic rings. The lowest BCUT2D eigenvalue weighted by Crippen LogP contribution is -2.08. The quantitative estimate of drug-likeness (QED) is 0.751. The Bertz CT molecular complexity index is 511. The van der Waals surface area contributed by atoms with E-state index in [1.165, 1.54) is 0 Å². The number of hydrogen-bond donors (Lipinski definition) is 0. The van der Waals surface area contributed by atoms with Gasteiger partial charge in [0.15, 0.2) is 0 Å². The molecule has 0 bridgehead atoms. The monoisotopic (exact) mass is 236 g/mol. The zero-order chi connectivity index (χ0) is 11.0. The molecule has 0 aliphatic carbocycles. The third-order valence-electron chi connectivity index (χ3n) is 2.48. The molecular formula is C10H9ClN4O. The summed E-state index contributed by atoms with van der Waals surface area (Å²) >= 11 is 6.22. The second-order valence-electron chi connectivity index (χ2n) is 3.48. The maximum absolute atomic E-state index is 6.22. The number of aromatic nitrogens is 4. The Morgan fingerprint density at radius 1 is 1.31 bits per heavy atom. The van der Waals surface area contributed by atoms with Gasteiger partial charge >= 0.3 is 0 Å². The van der Waals surface area contributed by atoms with Gasteiger partial charge in [-0.1, -0.05) is 11.6 Å². The molecule has 3 heterocycles. The Balaban J connectivity index is 2.12. The number of rotatable bonds is 1. The summed E-state index contributed by atoms with van der Waals surface area (Å²) in [5.41, 5.74) is 1.92. The maximum atomic E-state index is 6.22.